The first kappa shape index (κ1) is 16.7. The highest BCUT2D eigenvalue weighted by molar-refractivity contribution is 7.15. The molecule has 1 fully saturated rings. The van der Waals surface area contributed by atoms with Gasteiger partial charge in [0.05, 0.1) is 5.69 Å². The molecule has 1 aromatic heterocycles. The summed E-state index contributed by atoms with van der Waals surface area (Å²) in [7, 11) is 2.24. The first-order valence-corrected chi connectivity index (χ1v) is 9.15. The Hall–Kier alpha value is -0.650. The molecule has 0 bridgehead atoms. The van der Waals surface area contributed by atoms with Crippen molar-refractivity contribution in [2.75, 3.05) is 38.1 Å². The number of aromatic nitrogens is 1. The molecule has 1 unspecified atom stereocenters. The van der Waals surface area contributed by atoms with Gasteiger partial charge in [0.2, 0.25) is 0 Å². The maximum Gasteiger partial charge on any atom is 0.185 e. The largest absolute Gasteiger partial charge is 0.345 e. The fourth-order valence-electron chi connectivity index (χ4n) is 2.87. The average Bonchev–Trinajstić information content (AvgIpc) is 2.89. The van der Waals surface area contributed by atoms with Gasteiger partial charge in [0, 0.05) is 37.1 Å². The van der Waals surface area contributed by atoms with Crippen molar-refractivity contribution in [3.8, 4) is 0 Å². The SMILES string of the molecule is CCCc1nc(N2CCN(C)C(CC)C2)sc1CNCC. The lowest BCUT2D eigenvalue weighted by Gasteiger charge is -2.39. The molecule has 0 amide bonds. The number of hydrogen-bond acceptors (Lipinski definition) is 5. The highest BCUT2D eigenvalue weighted by atomic mass is 32.1. The van der Waals surface area contributed by atoms with Gasteiger partial charge in [0.25, 0.3) is 0 Å². The van der Waals surface area contributed by atoms with Crippen molar-refractivity contribution in [3.63, 3.8) is 0 Å². The van der Waals surface area contributed by atoms with Gasteiger partial charge in [0.15, 0.2) is 5.13 Å². The van der Waals surface area contributed by atoms with Gasteiger partial charge in [-0.3, -0.25) is 4.90 Å². The fraction of sp³-hybridized carbons (Fsp3) is 0.812. The fourth-order valence-corrected chi connectivity index (χ4v) is 3.99. The third-order valence-electron chi connectivity index (χ3n) is 4.31. The number of rotatable bonds is 7. The normalized spacial score (nSPS) is 20.2. The minimum absolute atomic E-state index is 0.662. The van der Waals surface area contributed by atoms with Crippen molar-refractivity contribution in [1.29, 1.82) is 0 Å². The van der Waals surface area contributed by atoms with Gasteiger partial charge in [-0.25, -0.2) is 4.98 Å². The topological polar surface area (TPSA) is 31.4 Å². The molecule has 0 radical (unpaired) electrons. The summed E-state index contributed by atoms with van der Waals surface area (Å²) in [5.74, 6) is 0. The van der Waals surface area contributed by atoms with Crippen LogP contribution >= 0.6 is 11.3 Å². The molecule has 1 atom stereocenters. The van der Waals surface area contributed by atoms with E-state index in [1.165, 1.54) is 28.5 Å². The summed E-state index contributed by atoms with van der Waals surface area (Å²) in [4.78, 5) is 11.4. The lowest BCUT2D eigenvalue weighted by molar-refractivity contribution is 0.213. The minimum Gasteiger partial charge on any atom is -0.345 e. The second kappa shape index (κ2) is 8.11. The number of aryl methyl sites for hydroxylation is 1. The second-order valence-corrected chi connectivity index (χ2v) is 6.95. The van der Waals surface area contributed by atoms with Crippen LogP contribution in [0, 0.1) is 0 Å². The van der Waals surface area contributed by atoms with Gasteiger partial charge in [-0.1, -0.05) is 27.2 Å². The molecule has 1 aliphatic rings. The average molecular weight is 311 g/mol. The lowest BCUT2D eigenvalue weighted by Crippen LogP contribution is -2.51. The number of hydrogen-bond donors (Lipinski definition) is 1. The lowest BCUT2D eigenvalue weighted by atomic mass is 10.1. The van der Waals surface area contributed by atoms with E-state index in [1.54, 1.807) is 0 Å². The zero-order valence-electron chi connectivity index (χ0n) is 14.0. The predicted octanol–water partition coefficient (Wildman–Crippen LogP) is 2.74. The summed E-state index contributed by atoms with van der Waals surface area (Å²) in [5.41, 5.74) is 1.31. The molecule has 0 spiro atoms. The molecule has 1 saturated heterocycles. The van der Waals surface area contributed by atoms with Crippen molar-refractivity contribution in [1.82, 2.24) is 15.2 Å². The van der Waals surface area contributed by atoms with Gasteiger partial charge >= 0.3 is 0 Å². The Morgan fingerprint density at radius 2 is 2.10 bits per heavy atom. The summed E-state index contributed by atoms with van der Waals surface area (Å²) in [6.07, 6.45) is 3.48. The van der Waals surface area contributed by atoms with E-state index in [0.717, 1.165) is 39.1 Å². The summed E-state index contributed by atoms with van der Waals surface area (Å²) in [6.45, 7) is 12.0. The van der Waals surface area contributed by atoms with Gasteiger partial charge < -0.3 is 10.2 Å². The van der Waals surface area contributed by atoms with Crippen LogP contribution in [0.5, 0.6) is 0 Å². The van der Waals surface area contributed by atoms with Crippen LogP contribution in [0.15, 0.2) is 0 Å². The predicted molar refractivity (Wildman–Crippen MR) is 92.4 cm³/mol. The molecule has 2 heterocycles. The maximum atomic E-state index is 4.96. The zero-order valence-corrected chi connectivity index (χ0v) is 14.8. The van der Waals surface area contributed by atoms with Crippen molar-refractivity contribution >= 4 is 16.5 Å². The Kier molecular flexibility index (Phi) is 6.45. The van der Waals surface area contributed by atoms with Gasteiger partial charge in [-0.2, -0.15) is 0 Å². The molecule has 1 aliphatic heterocycles. The Morgan fingerprint density at radius 1 is 1.29 bits per heavy atom. The molecule has 120 valence electrons. The van der Waals surface area contributed by atoms with E-state index in [1.807, 2.05) is 11.3 Å². The Balaban J connectivity index is 2.11. The van der Waals surface area contributed by atoms with Crippen molar-refractivity contribution < 1.29 is 0 Å². The van der Waals surface area contributed by atoms with Gasteiger partial charge in [-0.15, -0.1) is 11.3 Å². The van der Waals surface area contributed by atoms with Crippen LogP contribution < -0.4 is 10.2 Å². The molecule has 4 nitrogen and oxygen atoms in total. The maximum absolute atomic E-state index is 4.96. The van der Waals surface area contributed by atoms with Crippen LogP contribution in [0.25, 0.3) is 0 Å². The van der Waals surface area contributed by atoms with Gasteiger partial charge in [-0.05, 0) is 26.4 Å². The van der Waals surface area contributed by atoms with Gasteiger partial charge in [0.1, 0.15) is 0 Å². The first-order chi connectivity index (χ1) is 10.2. The molecular weight excluding hydrogens is 280 g/mol. The number of nitrogens with one attached hydrogen (secondary N) is 1. The van der Waals surface area contributed by atoms with E-state index in [0.29, 0.717) is 6.04 Å². The Bertz CT molecular complexity index is 432. The minimum atomic E-state index is 0.662. The van der Waals surface area contributed by atoms with Crippen LogP contribution in [0.4, 0.5) is 5.13 Å². The number of thiazole rings is 1. The number of piperazine rings is 1. The number of anilines is 1. The molecule has 1 aromatic rings. The molecule has 2 rings (SSSR count). The first-order valence-electron chi connectivity index (χ1n) is 8.34. The molecule has 0 saturated carbocycles. The third-order valence-corrected chi connectivity index (χ3v) is 5.47. The smallest absolute Gasteiger partial charge is 0.185 e. The van der Waals surface area contributed by atoms with E-state index in [4.69, 9.17) is 4.98 Å². The molecule has 1 N–H and O–H groups in total. The van der Waals surface area contributed by atoms with Crippen molar-refractivity contribution in [2.24, 2.45) is 0 Å². The standard InChI is InChI=1S/C16H30N4S/c1-5-8-14-15(11-17-7-3)21-16(18-14)20-10-9-19(4)13(6-2)12-20/h13,17H,5-12H2,1-4H3. The van der Waals surface area contributed by atoms with E-state index in [2.05, 4.69) is 42.9 Å². The van der Waals surface area contributed by atoms with E-state index in [-0.39, 0.29) is 0 Å². The third kappa shape index (κ3) is 4.18. The number of likely N-dealkylation sites (N-methyl/N-ethyl adjacent to an activating group) is 1. The van der Waals surface area contributed by atoms with Crippen LogP contribution in [-0.4, -0.2) is 49.2 Å². The van der Waals surface area contributed by atoms with E-state index in [9.17, 15) is 0 Å². The summed E-state index contributed by atoms with van der Waals surface area (Å²) < 4.78 is 0. The monoisotopic (exact) mass is 310 g/mol. The van der Waals surface area contributed by atoms with Crippen LogP contribution in [-0.2, 0) is 13.0 Å². The molecule has 0 aliphatic carbocycles. The van der Waals surface area contributed by atoms with Crippen LogP contribution in [0.1, 0.15) is 44.2 Å². The highest BCUT2D eigenvalue weighted by Crippen LogP contribution is 2.29. The van der Waals surface area contributed by atoms with E-state index < -0.39 is 0 Å². The Labute approximate surface area is 133 Å². The second-order valence-electron chi connectivity index (χ2n) is 5.89. The summed E-state index contributed by atoms with van der Waals surface area (Å²) >= 11 is 1.89. The Morgan fingerprint density at radius 3 is 2.76 bits per heavy atom. The molecule has 0 aromatic carbocycles. The van der Waals surface area contributed by atoms with Crippen LogP contribution in [0.3, 0.4) is 0 Å². The van der Waals surface area contributed by atoms with Crippen molar-refractivity contribution in [3.05, 3.63) is 10.6 Å². The van der Waals surface area contributed by atoms with E-state index >= 15 is 0 Å². The summed E-state index contributed by atoms with van der Waals surface area (Å²) in [6, 6.07) is 0.662. The quantitative estimate of drug-likeness (QED) is 0.839. The molecule has 5 heteroatoms. The van der Waals surface area contributed by atoms with Crippen LogP contribution in [0.2, 0.25) is 0 Å². The molecular formula is C16H30N4S. The van der Waals surface area contributed by atoms with Crippen molar-refractivity contribution in [2.45, 2.75) is 52.6 Å². The number of nitrogens with zero attached hydrogens (tertiary/aromatic N) is 3. The zero-order chi connectivity index (χ0) is 15.2. The molecule has 21 heavy (non-hydrogen) atoms. The summed E-state index contributed by atoms with van der Waals surface area (Å²) in [5, 5.41) is 4.68. The highest BCUT2D eigenvalue weighted by Gasteiger charge is 2.25.